The molecule has 0 radical (unpaired) electrons. The van der Waals surface area contributed by atoms with Crippen LogP contribution in [-0.4, -0.2) is 20.3 Å². The molecule has 35 heavy (non-hydrogen) atoms. The highest BCUT2D eigenvalue weighted by Gasteiger charge is 2.22. The van der Waals surface area contributed by atoms with Crippen LogP contribution in [-0.2, 0) is 0 Å². The van der Waals surface area contributed by atoms with E-state index in [1.807, 2.05) is 11.8 Å². The van der Waals surface area contributed by atoms with Crippen LogP contribution < -0.4 is 10.9 Å². The van der Waals surface area contributed by atoms with E-state index in [1.54, 1.807) is 16.8 Å². The molecule has 1 atom stereocenters. The van der Waals surface area contributed by atoms with Gasteiger partial charge in [0.05, 0.1) is 0 Å². The zero-order valence-corrected chi connectivity index (χ0v) is 22.9. The number of nitrogens with zero attached hydrogens (tertiary/aromatic N) is 3. The van der Waals surface area contributed by atoms with Gasteiger partial charge >= 0.3 is 0 Å². The predicted molar refractivity (Wildman–Crippen MR) is 149 cm³/mol. The molecule has 7 heteroatoms. The van der Waals surface area contributed by atoms with E-state index in [9.17, 15) is 4.79 Å². The van der Waals surface area contributed by atoms with Gasteiger partial charge in [-0.25, -0.2) is 4.98 Å². The molecule has 1 unspecified atom stereocenters. The minimum Gasteiger partial charge on any atom is -0.324 e. The van der Waals surface area contributed by atoms with Crippen molar-refractivity contribution in [2.24, 2.45) is 11.8 Å². The summed E-state index contributed by atoms with van der Waals surface area (Å²) in [6.07, 6.45) is 9.79. The Bertz CT molecular complexity index is 1220. The van der Waals surface area contributed by atoms with E-state index in [-0.39, 0.29) is 16.6 Å². The topological polar surface area (TPSA) is 59.8 Å². The van der Waals surface area contributed by atoms with Crippen LogP contribution in [0.3, 0.4) is 0 Å². The maximum absolute atomic E-state index is 12.9. The lowest BCUT2D eigenvalue weighted by atomic mass is 9.89. The molecule has 0 saturated heterocycles. The van der Waals surface area contributed by atoms with Gasteiger partial charge in [0, 0.05) is 28.2 Å². The highest BCUT2D eigenvalue weighted by atomic mass is 35.5. The van der Waals surface area contributed by atoms with E-state index in [0.717, 1.165) is 59.9 Å². The van der Waals surface area contributed by atoms with Crippen LogP contribution in [0.25, 0.3) is 11.0 Å². The summed E-state index contributed by atoms with van der Waals surface area (Å²) in [5.41, 5.74) is 2.62. The summed E-state index contributed by atoms with van der Waals surface area (Å²) < 4.78 is 1.78. The molecule has 0 amide bonds. The molecule has 0 spiro atoms. The van der Waals surface area contributed by atoms with E-state index in [2.05, 4.69) is 56.2 Å². The number of halogens is 1. The van der Waals surface area contributed by atoms with Gasteiger partial charge in [0.1, 0.15) is 10.7 Å². The number of thioether (sulfide) groups is 1. The highest BCUT2D eigenvalue weighted by Crippen LogP contribution is 2.32. The summed E-state index contributed by atoms with van der Waals surface area (Å²) >= 11 is 8.18. The summed E-state index contributed by atoms with van der Waals surface area (Å²) in [6, 6.07) is 8.31. The Balaban J connectivity index is 1.47. The number of pyridine rings is 1. The van der Waals surface area contributed by atoms with Crippen molar-refractivity contribution < 1.29 is 0 Å². The molecule has 1 aromatic carbocycles. The molecule has 1 aliphatic carbocycles. The van der Waals surface area contributed by atoms with E-state index < -0.39 is 0 Å². The molecular weight excluding hydrogens is 476 g/mol. The average molecular weight is 513 g/mol. The molecule has 0 bridgehead atoms. The molecule has 2 aromatic heterocycles. The Morgan fingerprint density at radius 1 is 1.23 bits per heavy atom. The van der Waals surface area contributed by atoms with E-state index in [1.165, 1.54) is 24.2 Å². The van der Waals surface area contributed by atoms with Gasteiger partial charge in [0.15, 0.2) is 0 Å². The molecule has 1 N–H and O–H groups in total. The fourth-order valence-corrected chi connectivity index (χ4v) is 6.36. The number of hydrogen-bond donors (Lipinski definition) is 1. The minimum atomic E-state index is -0.160. The summed E-state index contributed by atoms with van der Waals surface area (Å²) in [5, 5.41) is 4.38. The first-order chi connectivity index (χ1) is 16.9. The molecular formula is C28H37ClN4OS. The molecule has 5 nitrogen and oxygen atoms in total. The zero-order valence-electron chi connectivity index (χ0n) is 21.3. The second kappa shape index (κ2) is 11.8. The van der Waals surface area contributed by atoms with Gasteiger partial charge in [0.25, 0.3) is 5.56 Å². The van der Waals surface area contributed by atoms with Crippen LogP contribution in [0.4, 0.5) is 11.6 Å². The lowest BCUT2D eigenvalue weighted by Crippen LogP contribution is -2.25. The number of fused-ring (bicyclic) bond motifs is 1. The first-order valence-electron chi connectivity index (χ1n) is 13.0. The van der Waals surface area contributed by atoms with Crippen molar-refractivity contribution in [2.75, 3.05) is 11.1 Å². The molecule has 3 aromatic rings. The van der Waals surface area contributed by atoms with Gasteiger partial charge < -0.3 is 5.32 Å². The highest BCUT2D eigenvalue weighted by molar-refractivity contribution is 7.99. The Morgan fingerprint density at radius 2 is 2.00 bits per heavy atom. The van der Waals surface area contributed by atoms with Gasteiger partial charge in [-0.2, -0.15) is 4.98 Å². The van der Waals surface area contributed by atoms with Crippen molar-refractivity contribution >= 4 is 46.0 Å². The monoisotopic (exact) mass is 512 g/mol. The molecule has 188 valence electrons. The lowest BCUT2D eigenvalue weighted by Gasteiger charge is -2.18. The van der Waals surface area contributed by atoms with Crippen LogP contribution >= 0.6 is 23.4 Å². The van der Waals surface area contributed by atoms with Gasteiger partial charge in [-0.15, -0.1) is 11.8 Å². The van der Waals surface area contributed by atoms with Crippen LogP contribution in [0.1, 0.15) is 77.3 Å². The van der Waals surface area contributed by atoms with Crippen molar-refractivity contribution in [3.63, 3.8) is 0 Å². The molecule has 4 rings (SSSR count). The number of aromatic nitrogens is 3. The number of hydrogen-bond acceptors (Lipinski definition) is 5. The molecule has 0 aliphatic heterocycles. The van der Waals surface area contributed by atoms with Crippen molar-refractivity contribution in [1.29, 1.82) is 0 Å². The fraction of sp³-hybridized carbons (Fsp3) is 0.536. The predicted octanol–water partition coefficient (Wildman–Crippen LogP) is 8.17. The second-order valence-corrected chi connectivity index (χ2v) is 11.7. The third-order valence-corrected chi connectivity index (χ3v) is 8.67. The van der Waals surface area contributed by atoms with Gasteiger partial charge in [0.2, 0.25) is 5.95 Å². The SMILES string of the molecule is CCC(CCCSc1ccc(Nc2ncc3cc(Cl)c(=O)n(C4CCCC4)c3n2)c(C)c1)C(C)C. The first-order valence-corrected chi connectivity index (χ1v) is 14.3. The third kappa shape index (κ3) is 6.21. The smallest absolute Gasteiger partial charge is 0.271 e. The lowest BCUT2D eigenvalue weighted by molar-refractivity contribution is 0.347. The standard InChI is InChI=1S/C28H37ClN4OS/c1-5-20(18(2)3)9-8-14-35-23-12-13-25(19(4)15-23)31-28-30-17-21-16-24(29)27(34)33(26(21)32-28)22-10-6-7-11-22/h12-13,15-18,20,22H,5-11,14H2,1-4H3,(H,30,31,32). The van der Waals surface area contributed by atoms with E-state index in [4.69, 9.17) is 16.6 Å². The van der Waals surface area contributed by atoms with Crippen LogP contribution in [0.5, 0.6) is 0 Å². The Kier molecular flexibility index (Phi) is 8.77. The average Bonchev–Trinajstić information content (AvgIpc) is 3.36. The van der Waals surface area contributed by atoms with Crippen molar-refractivity contribution in [1.82, 2.24) is 14.5 Å². The van der Waals surface area contributed by atoms with Crippen LogP contribution in [0.2, 0.25) is 5.02 Å². The fourth-order valence-electron chi connectivity index (χ4n) is 5.18. The van der Waals surface area contributed by atoms with E-state index >= 15 is 0 Å². The number of benzene rings is 1. The van der Waals surface area contributed by atoms with E-state index in [0.29, 0.717) is 11.6 Å². The maximum atomic E-state index is 12.9. The van der Waals surface area contributed by atoms with Gasteiger partial charge in [-0.05, 0) is 80.0 Å². The largest absolute Gasteiger partial charge is 0.324 e. The Labute approximate surface area is 218 Å². The third-order valence-electron chi connectivity index (χ3n) is 7.32. The number of aryl methyl sites for hydroxylation is 1. The van der Waals surface area contributed by atoms with Crippen molar-refractivity contribution in [3.8, 4) is 0 Å². The van der Waals surface area contributed by atoms with Crippen molar-refractivity contribution in [3.05, 3.63) is 51.4 Å². The summed E-state index contributed by atoms with van der Waals surface area (Å²) in [4.78, 5) is 23.4. The van der Waals surface area contributed by atoms with Crippen molar-refractivity contribution in [2.45, 2.75) is 83.6 Å². The molecule has 1 fully saturated rings. The molecule has 2 heterocycles. The second-order valence-electron chi connectivity index (χ2n) is 10.1. The van der Waals surface area contributed by atoms with Crippen LogP contribution in [0, 0.1) is 18.8 Å². The number of rotatable bonds is 10. The van der Waals surface area contributed by atoms with Crippen LogP contribution in [0.15, 0.2) is 40.2 Å². The number of anilines is 2. The number of nitrogens with one attached hydrogen (secondary N) is 1. The summed E-state index contributed by atoms with van der Waals surface area (Å²) in [7, 11) is 0. The summed E-state index contributed by atoms with van der Waals surface area (Å²) in [5.74, 6) is 3.23. The normalized spacial score (nSPS) is 15.3. The summed E-state index contributed by atoms with van der Waals surface area (Å²) in [6.45, 7) is 9.07. The Hall–Kier alpha value is -2.05. The minimum absolute atomic E-state index is 0.151. The zero-order chi connectivity index (χ0) is 24.9. The molecule has 1 aliphatic rings. The van der Waals surface area contributed by atoms with Gasteiger partial charge in [-0.3, -0.25) is 9.36 Å². The maximum Gasteiger partial charge on any atom is 0.271 e. The molecule has 1 saturated carbocycles. The quantitative estimate of drug-likeness (QED) is 0.219. The Morgan fingerprint density at radius 3 is 2.69 bits per heavy atom. The van der Waals surface area contributed by atoms with Gasteiger partial charge in [-0.1, -0.05) is 51.6 Å². The first kappa shape index (κ1) is 26.0.